The number of hydrogen-bond donors (Lipinski definition) is 2. The van der Waals surface area contributed by atoms with Gasteiger partial charge in [-0.1, -0.05) is 26.3 Å². The molecule has 2 aliphatic heterocycles. The number of halogens is 1. The monoisotopic (exact) mass is 463 g/mol. The largest absolute Gasteiger partial charge is 0.393 e. The second-order valence-electron chi connectivity index (χ2n) is 12.5. The van der Waals surface area contributed by atoms with Crippen LogP contribution in [0.4, 0.5) is 0 Å². The van der Waals surface area contributed by atoms with Gasteiger partial charge >= 0.3 is 0 Å². The highest BCUT2D eigenvalue weighted by Gasteiger charge is 2.62. The Labute approximate surface area is 199 Å². The number of rotatable bonds is 0. The third-order valence-corrected chi connectivity index (χ3v) is 11.2. The van der Waals surface area contributed by atoms with Crippen LogP contribution in [-0.4, -0.2) is 41.3 Å². The van der Waals surface area contributed by atoms with Gasteiger partial charge in [0.1, 0.15) is 5.78 Å². The minimum Gasteiger partial charge on any atom is -0.393 e. The molecule has 0 aromatic carbocycles. The number of aliphatic hydroxyl groups excluding tert-OH is 1. The van der Waals surface area contributed by atoms with Crippen LogP contribution in [0.2, 0.25) is 0 Å². The topological polar surface area (TPSA) is 58.6 Å². The molecule has 4 aliphatic carbocycles. The smallest absolute Gasteiger partial charge is 0.136 e. The number of nitrogens with one attached hydrogen (secondary N) is 1. The Kier molecular flexibility index (Phi) is 5.68. The van der Waals surface area contributed by atoms with Gasteiger partial charge in [0.2, 0.25) is 0 Å². The van der Waals surface area contributed by atoms with Crippen molar-refractivity contribution in [3.05, 3.63) is 11.1 Å². The lowest BCUT2D eigenvalue weighted by atomic mass is 9.51. The third-order valence-electron chi connectivity index (χ3n) is 11.2. The van der Waals surface area contributed by atoms with Gasteiger partial charge in [0.25, 0.3) is 0 Å². The summed E-state index contributed by atoms with van der Waals surface area (Å²) in [6.45, 7) is 10.6. The minimum absolute atomic E-state index is 0. The molecule has 1 spiro atoms. The molecule has 3 saturated carbocycles. The number of aliphatic hydroxyl groups is 1. The highest BCUT2D eigenvalue weighted by Crippen LogP contribution is 2.65. The fourth-order valence-electron chi connectivity index (χ4n) is 9.46. The van der Waals surface area contributed by atoms with Crippen molar-refractivity contribution in [2.75, 3.05) is 6.54 Å². The molecule has 2 heterocycles. The van der Waals surface area contributed by atoms with Crippen LogP contribution in [0.5, 0.6) is 0 Å². The summed E-state index contributed by atoms with van der Waals surface area (Å²) >= 11 is 0. The average Bonchev–Trinajstić information content (AvgIpc) is 3.23. The van der Waals surface area contributed by atoms with Crippen LogP contribution in [0, 0.1) is 40.9 Å². The number of allylic oxidation sites excluding steroid dienone is 1. The first-order chi connectivity index (χ1) is 14.7. The van der Waals surface area contributed by atoms with E-state index >= 15 is 0 Å². The van der Waals surface area contributed by atoms with Gasteiger partial charge in [-0.25, -0.2) is 0 Å². The molecule has 0 bridgehead atoms. The SMILES string of the molecule is CC1=C2C[C@H]3[C@@H](CC(=O)[C@H]4C[C@@H](O)CC[C@@]43C)[C@@H]2CC[C@]12O[C@@H]1C[C@H](C)CN[C@H]1[C@H]2C.Cl. The van der Waals surface area contributed by atoms with E-state index in [1.807, 2.05) is 0 Å². The van der Waals surface area contributed by atoms with Gasteiger partial charge in [-0.15, -0.1) is 12.4 Å². The zero-order chi connectivity index (χ0) is 21.7. The molecule has 5 heteroatoms. The van der Waals surface area contributed by atoms with Crippen molar-refractivity contribution < 1.29 is 14.6 Å². The van der Waals surface area contributed by atoms with Gasteiger partial charge in [0, 0.05) is 24.3 Å². The second-order valence-corrected chi connectivity index (χ2v) is 12.5. The number of carbonyl (C=O) groups excluding carboxylic acids is 1. The Hall–Kier alpha value is -0.420. The Morgan fingerprint density at radius 1 is 1.12 bits per heavy atom. The van der Waals surface area contributed by atoms with Gasteiger partial charge in [0.05, 0.1) is 17.8 Å². The van der Waals surface area contributed by atoms with Crippen LogP contribution in [-0.2, 0) is 9.53 Å². The number of Topliss-reactive ketones (excluding diaryl/α,β-unsaturated/α-hetero) is 1. The molecule has 4 nitrogen and oxygen atoms in total. The summed E-state index contributed by atoms with van der Waals surface area (Å²) in [6.07, 6.45) is 8.02. The van der Waals surface area contributed by atoms with Crippen LogP contribution >= 0.6 is 12.4 Å². The molecule has 0 radical (unpaired) electrons. The molecule has 11 atom stereocenters. The summed E-state index contributed by atoms with van der Waals surface area (Å²) in [4.78, 5) is 13.2. The van der Waals surface area contributed by atoms with E-state index in [-0.39, 0.29) is 35.4 Å². The lowest BCUT2D eigenvalue weighted by Gasteiger charge is -2.52. The minimum atomic E-state index is -0.280. The standard InChI is InChI=1S/C27H41NO3.ClH/c1-14-9-24-25(28-13-14)16(3)27(31-24)8-6-18-19(15(27)2)11-21-20(18)12-23(30)22-10-17(29)5-7-26(21,22)4;/h14,16-18,20-22,24-25,28-29H,5-13H2,1-4H3;1H/t14-,16+,17-,18+,20-,21-,22+,24+,25-,26+,27-;/m0./s1. The van der Waals surface area contributed by atoms with Crippen molar-refractivity contribution in [2.24, 2.45) is 40.9 Å². The first-order valence-corrected chi connectivity index (χ1v) is 13.1. The van der Waals surface area contributed by atoms with E-state index in [0.717, 1.165) is 38.6 Å². The lowest BCUT2D eigenvalue weighted by Crippen LogP contribution is -2.51. The quantitative estimate of drug-likeness (QED) is 0.512. The summed E-state index contributed by atoms with van der Waals surface area (Å²) in [5.74, 6) is 3.41. The number of piperidine rings is 1. The van der Waals surface area contributed by atoms with Crippen molar-refractivity contribution >= 4 is 18.2 Å². The molecule has 2 saturated heterocycles. The molecule has 6 aliphatic rings. The fraction of sp³-hybridized carbons (Fsp3) is 0.889. The number of carbonyl (C=O) groups is 1. The Morgan fingerprint density at radius 2 is 1.91 bits per heavy atom. The summed E-state index contributed by atoms with van der Waals surface area (Å²) in [7, 11) is 0. The first-order valence-electron chi connectivity index (χ1n) is 13.1. The van der Waals surface area contributed by atoms with Gasteiger partial charge in [-0.2, -0.15) is 0 Å². The van der Waals surface area contributed by atoms with Gasteiger partial charge < -0.3 is 15.2 Å². The molecule has 2 N–H and O–H groups in total. The van der Waals surface area contributed by atoms with Crippen molar-refractivity contribution in [3.8, 4) is 0 Å². The fourth-order valence-corrected chi connectivity index (χ4v) is 9.46. The van der Waals surface area contributed by atoms with E-state index < -0.39 is 0 Å². The van der Waals surface area contributed by atoms with Crippen LogP contribution in [0.25, 0.3) is 0 Å². The molecule has 5 fully saturated rings. The van der Waals surface area contributed by atoms with Crippen molar-refractivity contribution in [3.63, 3.8) is 0 Å². The highest BCUT2D eigenvalue weighted by atomic mass is 35.5. The molecule has 0 unspecified atom stereocenters. The first kappa shape index (κ1) is 23.3. The maximum atomic E-state index is 13.2. The molecule has 32 heavy (non-hydrogen) atoms. The normalized spacial score (nSPS) is 54.5. The maximum Gasteiger partial charge on any atom is 0.136 e. The average molecular weight is 464 g/mol. The summed E-state index contributed by atoms with van der Waals surface area (Å²) < 4.78 is 7.00. The predicted molar refractivity (Wildman–Crippen MR) is 128 cm³/mol. The number of hydrogen-bond acceptors (Lipinski definition) is 4. The molecule has 180 valence electrons. The molecule has 6 rings (SSSR count). The van der Waals surface area contributed by atoms with Gasteiger partial charge in [-0.3, -0.25) is 4.79 Å². The van der Waals surface area contributed by atoms with Crippen LogP contribution in [0.1, 0.15) is 79.1 Å². The van der Waals surface area contributed by atoms with E-state index in [2.05, 4.69) is 33.0 Å². The number of ether oxygens (including phenoxy) is 1. The Balaban J connectivity index is 0.00000216. The lowest BCUT2D eigenvalue weighted by molar-refractivity contribution is -0.145. The van der Waals surface area contributed by atoms with Crippen molar-refractivity contribution in [1.29, 1.82) is 0 Å². The van der Waals surface area contributed by atoms with Gasteiger partial charge in [0.15, 0.2) is 0 Å². The second kappa shape index (κ2) is 7.80. The summed E-state index contributed by atoms with van der Waals surface area (Å²) in [5, 5.41) is 14.1. The van der Waals surface area contributed by atoms with Crippen LogP contribution < -0.4 is 5.32 Å². The van der Waals surface area contributed by atoms with E-state index in [9.17, 15) is 9.90 Å². The third kappa shape index (κ3) is 3.01. The van der Waals surface area contributed by atoms with Gasteiger partial charge in [-0.05, 0) is 93.1 Å². The van der Waals surface area contributed by atoms with Crippen molar-refractivity contribution in [1.82, 2.24) is 5.32 Å². The maximum absolute atomic E-state index is 13.2. The molecular formula is C27H42ClNO3. The molecular weight excluding hydrogens is 422 g/mol. The molecule has 0 aromatic heterocycles. The predicted octanol–water partition coefficient (Wildman–Crippen LogP) is 4.68. The van der Waals surface area contributed by atoms with E-state index in [4.69, 9.17) is 4.74 Å². The number of ketones is 1. The Morgan fingerprint density at radius 3 is 2.69 bits per heavy atom. The zero-order valence-corrected chi connectivity index (χ0v) is 21.0. The zero-order valence-electron chi connectivity index (χ0n) is 20.2. The summed E-state index contributed by atoms with van der Waals surface area (Å²) in [6, 6.07) is 0.482. The Bertz CT molecular complexity index is 828. The van der Waals surface area contributed by atoms with E-state index in [0.29, 0.717) is 53.9 Å². The molecule has 0 aromatic rings. The van der Waals surface area contributed by atoms with Crippen LogP contribution in [0.3, 0.4) is 0 Å². The van der Waals surface area contributed by atoms with Crippen LogP contribution in [0.15, 0.2) is 11.1 Å². The number of fused-ring (bicyclic) bond motifs is 6. The van der Waals surface area contributed by atoms with Crippen molar-refractivity contribution in [2.45, 2.75) is 103 Å². The highest BCUT2D eigenvalue weighted by molar-refractivity contribution is 5.85. The molecule has 0 amide bonds. The summed E-state index contributed by atoms with van der Waals surface area (Å²) in [5.41, 5.74) is 3.15. The van der Waals surface area contributed by atoms with E-state index in [1.54, 1.807) is 5.57 Å². The van der Waals surface area contributed by atoms with E-state index in [1.165, 1.54) is 18.4 Å².